The third-order valence-corrected chi connectivity index (χ3v) is 4.43. The highest BCUT2D eigenvalue weighted by Crippen LogP contribution is 2.24. The molecule has 118 valence electrons. The molecule has 3 aromatic rings. The van der Waals surface area contributed by atoms with E-state index in [9.17, 15) is 4.79 Å². The van der Waals surface area contributed by atoms with Crippen LogP contribution in [-0.2, 0) is 0 Å². The van der Waals surface area contributed by atoms with Crippen LogP contribution in [0.15, 0.2) is 48.9 Å². The van der Waals surface area contributed by atoms with E-state index in [2.05, 4.69) is 16.2 Å². The lowest BCUT2D eigenvalue weighted by Crippen LogP contribution is -2.30. The van der Waals surface area contributed by atoms with E-state index in [-0.39, 0.29) is 11.9 Å². The van der Waals surface area contributed by atoms with Crippen molar-refractivity contribution in [2.45, 2.75) is 12.5 Å². The molecule has 1 fully saturated rings. The fourth-order valence-electron chi connectivity index (χ4n) is 3.18. The summed E-state index contributed by atoms with van der Waals surface area (Å²) in [5, 5.41) is 15.0. The second-order valence-electron chi connectivity index (χ2n) is 5.90. The number of rotatable bonds is 2. The van der Waals surface area contributed by atoms with Gasteiger partial charge >= 0.3 is 0 Å². The van der Waals surface area contributed by atoms with Gasteiger partial charge in [-0.2, -0.15) is 10.4 Å². The molecule has 6 heteroatoms. The second kappa shape index (κ2) is 5.78. The molecule has 0 saturated carbocycles. The first-order chi connectivity index (χ1) is 11.8. The van der Waals surface area contributed by atoms with Gasteiger partial charge in [-0.3, -0.25) is 14.5 Å². The quantitative estimate of drug-likeness (QED) is 0.727. The standard InChI is InChI=1S/C18H15N5O/c19-9-13-10-21-23(11-13)15-6-8-22(12-15)18(24)17-16-4-2-1-3-14(16)5-7-20-17/h1-5,7,10-11,15H,6,8,12H2. The molecule has 0 radical (unpaired) electrons. The molecule has 0 bridgehead atoms. The summed E-state index contributed by atoms with van der Waals surface area (Å²) in [5.41, 5.74) is 1.03. The van der Waals surface area contributed by atoms with Crippen LogP contribution in [-0.4, -0.2) is 38.7 Å². The molecular weight excluding hydrogens is 302 g/mol. The van der Waals surface area contributed by atoms with Crippen LogP contribution in [0.1, 0.15) is 28.5 Å². The summed E-state index contributed by atoms with van der Waals surface area (Å²) in [6.07, 6.45) is 5.78. The molecule has 6 nitrogen and oxygen atoms in total. The smallest absolute Gasteiger partial charge is 0.273 e. The number of aromatic nitrogens is 3. The monoisotopic (exact) mass is 317 g/mol. The highest BCUT2D eigenvalue weighted by Gasteiger charge is 2.29. The molecule has 2 aromatic heterocycles. The van der Waals surface area contributed by atoms with Crippen LogP contribution >= 0.6 is 0 Å². The number of likely N-dealkylation sites (tertiary alicyclic amines) is 1. The maximum atomic E-state index is 12.9. The molecular formula is C18H15N5O. The molecule has 1 aliphatic heterocycles. The van der Waals surface area contributed by atoms with Crippen molar-refractivity contribution in [3.63, 3.8) is 0 Å². The number of carbonyl (C=O) groups excluding carboxylic acids is 1. The van der Waals surface area contributed by atoms with Crippen molar-refractivity contribution in [3.8, 4) is 6.07 Å². The fourth-order valence-corrected chi connectivity index (χ4v) is 3.18. The summed E-state index contributed by atoms with van der Waals surface area (Å²) in [4.78, 5) is 19.0. The summed E-state index contributed by atoms with van der Waals surface area (Å²) >= 11 is 0. The van der Waals surface area contributed by atoms with Gasteiger partial charge in [0, 0.05) is 30.9 Å². The summed E-state index contributed by atoms with van der Waals surface area (Å²) < 4.78 is 1.78. The van der Waals surface area contributed by atoms with Crippen LogP contribution in [0.4, 0.5) is 0 Å². The van der Waals surface area contributed by atoms with Crippen molar-refractivity contribution in [1.82, 2.24) is 19.7 Å². The normalized spacial score (nSPS) is 17.1. The highest BCUT2D eigenvalue weighted by molar-refractivity contribution is 6.05. The van der Waals surface area contributed by atoms with Crippen LogP contribution in [0.2, 0.25) is 0 Å². The van der Waals surface area contributed by atoms with Gasteiger partial charge in [0.25, 0.3) is 5.91 Å². The van der Waals surface area contributed by atoms with Crippen molar-refractivity contribution in [2.75, 3.05) is 13.1 Å². The van der Waals surface area contributed by atoms with Gasteiger partial charge in [-0.1, -0.05) is 24.3 Å². The highest BCUT2D eigenvalue weighted by atomic mass is 16.2. The van der Waals surface area contributed by atoms with Crippen molar-refractivity contribution in [3.05, 3.63) is 60.2 Å². The molecule has 1 aromatic carbocycles. The maximum absolute atomic E-state index is 12.9. The van der Waals surface area contributed by atoms with Gasteiger partial charge in [-0.15, -0.1) is 0 Å². The first-order valence-electron chi connectivity index (χ1n) is 7.83. The van der Waals surface area contributed by atoms with E-state index in [0.717, 1.165) is 17.2 Å². The largest absolute Gasteiger partial charge is 0.335 e. The van der Waals surface area contributed by atoms with E-state index in [0.29, 0.717) is 24.3 Å². The predicted molar refractivity (Wildman–Crippen MR) is 88.2 cm³/mol. The number of carbonyl (C=O) groups is 1. The van der Waals surface area contributed by atoms with Gasteiger partial charge in [-0.05, 0) is 17.9 Å². The third-order valence-electron chi connectivity index (χ3n) is 4.43. The summed E-state index contributed by atoms with van der Waals surface area (Å²) in [6.45, 7) is 1.24. The van der Waals surface area contributed by atoms with Gasteiger partial charge in [0.15, 0.2) is 0 Å². The van der Waals surface area contributed by atoms with E-state index in [1.54, 1.807) is 23.3 Å². The Balaban J connectivity index is 1.58. The van der Waals surface area contributed by atoms with Crippen LogP contribution in [0.3, 0.4) is 0 Å². The Labute approximate surface area is 138 Å². The van der Waals surface area contributed by atoms with Crippen LogP contribution in [0.25, 0.3) is 10.8 Å². The van der Waals surface area contributed by atoms with Crippen LogP contribution in [0.5, 0.6) is 0 Å². The number of amides is 1. The Morgan fingerprint density at radius 1 is 1.29 bits per heavy atom. The zero-order valence-electron chi connectivity index (χ0n) is 13.0. The minimum absolute atomic E-state index is 0.0537. The zero-order valence-corrected chi connectivity index (χ0v) is 13.0. The topological polar surface area (TPSA) is 74.8 Å². The number of benzene rings is 1. The molecule has 24 heavy (non-hydrogen) atoms. The van der Waals surface area contributed by atoms with Gasteiger partial charge < -0.3 is 4.90 Å². The Morgan fingerprint density at radius 3 is 3.00 bits per heavy atom. The van der Waals surface area contributed by atoms with E-state index in [4.69, 9.17) is 5.26 Å². The first-order valence-corrected chi connectivity index (χ1v) is 7.83. The number of fused-ring (bicyclic) bond motifs is 1. The predicted octanol–water partition coefficient (Wildman–Crippen LogP) is 2.39. The van der Waals surface area contributed by atoms with Crippen LogP contribution in [0, 0.1) is 11.3 Å². The van der Waals surface area contributed by atoms with Gasteiger partial charge in [0.05, 0.1) is 17.8 Å². The lowest BCUT2D eigenvalue weighted by Gasteiger charge is -2.17. The molecule has 3 heterocycles. The molecule has 1 atom stereocenters. The van der Waals surface area contributed by atoms with Crippen LogP contribution < -0.4 is 0 Å². The molecule has 0 spiro atoms. The van der Waals surface area contributed by atoms with E-state index < -0.39 is 0 Å². The maximum Gasteiger partial charge on any atom is 0.273 e. The molecule has 1 unspecified atom stereocenters. The average molecular weight is 317 g/mol. The van der Waals surface area contributed by atoms with Crippen molar-refractivity contribution >= 4 is 16.7 Å². The molecule has 0 N–H and O–H groups in total. The van der Waals surface area contributed by atoms with Gasteiger partial charge in [-0.25, -0.2) is 0 Å². The number of hydrogen-bond acceptors (Lipinski definition) is 4. The average Bonchev–Trinajstić information content (AvgIpc) is 3.29. The Bertz CT molecular complexity index is 950. The first kappa shape index (κ1) is 14.4. The molecule has 0 aliphatic carbocycles. The zero-order chi connectivity index (χ0) is 16.5. The minimum Gasteiger partial charge on any atom is -0.335 e. The van der Waals surface area contributed by atoms with E-state index in [1.807, 2.05) is 35.2 Å². The van der Waals surface area contributed by atoms with Gasteiger partial charge in [0.1, 0.15) is 11.8 Å². The van der Waals surface area contributed by atoms with E-state index in [1.165, 1.54) is 0 Å². The van der Waals surface area contributed by atoms with Crippen molar-refractivity contribution < 1.29 is 4.79 Å². The SMILES string of the molecule is N#Cc1cnn(C2CCN(C(=O)c3nccc4ccccc34)C2)c1. The van der Waals surface area contributed by atoms with E-state index >= 15 is 0 Å². The summed E-state index contributed by atoms with van der Waals surface area (Å²) in [5.74, 6) is -0.0537. The number of nitriles is 1. The number of pyridine rings is 1. The number of nitrogens with zero attached hydrogens (tertiary/aromatic N) is 5. The molecule has 1 aliphatic rings. The fraction of sp³-hybridized carbons (Fsp3) is 0.222. The molecule has 4 rings (SSSR count). The van der Waals surface area contributed by atoms with Crippen molar-refractivity contribution in [2.24, 2.45) is 0 Å². The van der Waals surface area contributed by atoms with Crippen molar-refractivity contribution in [1.29, 1.82) is 5.26 Å². The summed E-state index contributed by atoms with van der Waals surface area (Å²) in [7, 11) is 0. The lowest BCUT2D eigenvalue weighted by atomic mass is 10.1. The summed E-state index contributed by atoms with van der Waals surface area (Å²) in [6, 6.07) is 11.9. The van der Waals surface area contributed by atoms with Gasteiger partial charge in [0.2, 0.25) is 0 Å². The number of hydrogen-bond donors (Lipinski definition) is 0. The molecule has 1 saturated heterocycles. The molecule has 1 amide bonds. The second-order valence-corrected chi connectivity index (χ2v) is 5.90. The Kier molecular flexibility index (Phi) is 3.47. The Morgan fingerprint density at radius 2 is 2.17 bits per heavy atom. The lowest BCUT2D eigenvalue weighted by molar-refractivity contribution is 0.0783. The minimum atomic E-state index is -0.0537. The third kappa shape index (κ3) is 2.40. The Hall–Kier alpha value is -3.20.